The summed E-state index contributed by atoms with van der Waals surface area (Å²) in [5, 5.41) is 17.9. The normalized spacial score (nSPS) is 20.3. The topological polar surface area (TPSA) is 141 Å². The van der Waals surface area contributed by atoms with E-state index < -0.39 is 29.1 Å². The molecule has 1 aromatic carbocycles. The molecule has 3 aromatic rings. The number of hydrogen-bond donors (Lipinski definition) is 2. The zero-order valence-corrected chi connectivity index (χ0v) is 30.7. The summed E-state index contributed by atoms with van der Waals surface area (Å²) in [7, 11) is 0. The predicted octanol–water partition coefficient (Wildman–Crippen LogP) is 4.92. The molecule has 0 aliphatic carbocycles. The third kappa shape index (κ3) is 8.68. The van der Waals surface area contributed by atoms with Crippen LogP contribution in [0.15, 0.2) is 40.4 Å². The monoisotopic (exact) mass is 694 g/mol. The Morgan fingerprint density at radius 1 is 1.08 bits per heavy atom. The number of ether oxygens (including phenoxy) is 1. The van der Waals surface area contributed by atoms with Crippen molar-refractivity contribution in [2.45, 2.75) is 91.5 Å². The van der Waals surface area contributed by atoms with E-state index in [0.717, 1.165) is 21.7 Å². The molecule has 3 amide bonds. The quantitative estimate of drug-likeness (QED) is 0.320. The lowest BCUT2D eigenvalue weighted by atomic mass is 9.75. The second-order valence-electron chi connectivity index (χ2n) is 15.1. The van der Waals surface area contributed by atoms with E-state index in [4.69, 9.17) is 9.26 Å². The Hall–Kier alpha value is -3.81. The average molecular weight is 695 g/mol. The number of rotatable bonds is 9. The Morgan fingerprint density at radius 3 is 2.33 bits per heavy atom. The number of nitrogens with one attached hydrogen (secondary N) is 1. The Balaban J connectivity index is 1.29. The van der Waals surface area contributed by atoms with Crippen molar-refractivity contribution in [1.82, 2.24) is 30.2 Å². The molecule has 49 heavy (non-hydrogen) atoms. The molecule has 0 radical (unpaired) electrons. The SMILES string of the molecule is Cc1cc([C@@H](C(=O)N2C[C@H](O)C[C@H]2C(=O)N[C@@H](C)c2ccc(-c3scnc3C)cc2)C(C)(C)CN2CCN(C(=O)OC(C)(C)C)CC2)on1. The van der Waals surface area contributed by atoms with Crippen LogP contribution in [-0.4, -0.2) is 105 Å². The number of aliphatic hydroxyl groups is 1. The van der Waals surface area contributed by atoms with Gasteiger partial charge in [0, 0.05) is 51.8 Å². The van der Waals surface area contributed by atoms with E-state index in [1.165, 1.54) is 4.90 Å². The molecule has 266 valence electrons. The number of carbonyl (C=O) groups is 3. The molecule has 2 aliphatic heterocycles. The van der Waals surface area contributed by atoms with Crippen LogP contribution in [-0.2, 0) is 14.3 Å². The van der Waals surface area contributed by atoms with Gasteiger partial charge in [-0.05, 0) is 58.1 Å². The molecule has 0 spiro atoms. The Bertz CT molecular complexity index is 1620. The van der Waals surface area contributed by atoms with Gasteiger partial charge in [-0.2, -0.15) is 0 Å². The highest BCUT2D eigenvalue weighted by molar-refractivity contribution is 7.13. The second-order valence-corrected chi connectivity index (χ2v) is 15.9. The lowest BCUT2D eigenvalue weighted by Crippen LogP contribution is -2.54. The lowest BCUT2D eigenvalue weighted by Gasteiger charge is -2.42. The fraction of sp³-hybridized carbons (Fsp3) is 0.583. The minimum absolute atomic E-state index is 0.0441. The van der Waals surface area contributed by atoms with Crippen molar-refractivity contribution in [3.8, 4) is 10.4 Å². The van der Waals surface area contributed by atoms with E-state index in [1.807, 2.05) is 78.2 Å². The number of hydrogen-bond acceptors (Lipinski definition) is 10. The van der Waals surface area contributed by atoms with Gasteiger partial charge in [-0.1, -0.05) is 43.3 Å². The smallest absolute Gasteiger partial charge is 0.410 e. The first-order valence-electron chi connectivity index (χ1n) is 16.9. The first-order chi connectivity index (χ1) is 23.0. The molecule has 12 nitrogen and oxygen atoms in total. The fourth-order valence-corrected chi connectivity index (χ4v) is 7.62. The van der Waals surface area contributed by atoms with Gasteiger partial charge in [0.15, 0.2) is 0 Å². The molecular formula is C36H50N6O6S. The highest BCUT2D eigenvalue weighted by Gasteiger charge is 2.48. The minimum atomic E-state index is -0.844. The van der Waals surface area contributed by atoms with Gasteiger partial charge in [0.1, 0.15) is 23.3 Å². The van der Waals surface area contributed by atoms with Crippen LogP contribution in [0.25, 0.3) is 10.4 Å². The summed E-state index contributed by atoms with van der Waals surface area (Å²) in [4.78, 5) is 51.9. The van der Waals surface area contributed by atoms with E-state index in [2.05, 4.69) is 20.4 Å². The number of nitrogens with zero attached hydrogens (tertiary/aromatic N) is 5. The van der Waals surface area contributed by atoms with Crippen LogP contribution in [0.3, 0.4) is 0 Å². The van der Waals surface area contributed by atoms with Gasteiger partial charge in [0.05, 0.1) is 33.9 Å². The van der Waals surface area contributed by atoms with Crippen LogP contribution in [0.5, 0.6) is 0 Å². The van der Waals surface area contributed by atoms with Crippen LogP contribution in [0.2, 0.25) is 0 Å². The molecule has 13 heteroatoms. The lowest BCUT2D eigenvalue weighted by molar-refractivity contribution is -0.143. The summed E-state index contributed by atoms with van der Waals surface area (Å²) >= 11 is 1.59. The molecule has 2 fully saturated rings. The van der Waals surface area contributed by atoms with Crippen LogP contribution >= 0.6 is 11.3 Å². The molecular weight excluding hydrogens is 644 g/mol. The van der Waals surface area contributed by atoms with E-state index in [-0.39, 0.29) is 36.9 Å². The Morgan fingerprint density at radius 2 is 1.76 bits per heavy atom. The van der Waals surface area contributed by atoms with Crippen molar-refractivity contribution in [2.24, 2.45) is 5.41 Å². The largest absolute Gasteiger partial charge is 0.444 e. The standard InChI is InChI=1S/C36H50N6O6S/c1-22-17-29(48-39-22)30(36(7,8)20-40-13-15-41(16-14-40)34(46)47-35(4,5)6)33(45)42-19-27(43)18-28(42)32(44)38-23(2)25-9-11-26(12-10-25)31-24(3)37-21-49-31/h9-12,17,21,23,27-28,30,43H,13-16,18-20H2,1-8H3,(H,38,44)/t23-,27+,28-,30-/m0/s1. The Kier molecular flexibility index (Phi) is 10.9. The third-order valence-electron chi connectivity index (χ3n) is 9.26. The van der Waals surface area contributed by atoms with Crippen molar-refractivity contribution in [2.75, 3.05) is 39.3 Å². The summed E-state index contributed by atoms with van der Waals surface area (Å²) in [6, 6.07) is 8.64. The molecule has 2 saturated heterocycles. The molecule has 2 aromatic heterocycles. The van der Waals surface area contributed by atoms with Crippen LogP contribution in [0.1, 0.15) is 82.6 Å². The maximum Gasteiger partial charge on any atom is 0.410 e. The zero-order valence-electron chi connectivity index (χ0n) is 29.9. The maximum absolute atomic E-state index is 14.6. The highest BCUT2D eigenvalue weighted by atomic mass is 32.1. The maximum atomic E-state index is 14.6. The zero-order chi connectivity index (χ0) is 35.7. The summed E-state index contributed by atoms with van der Waals surface area (Å²) in [6.07, 6.45) is -1.02. The number of thiazole rings is 1. The van der Waals surface area contributed by atoms with Gasteiger partial charge >= 0.3 is 6.09 Å². The van der Waals surface area contributed by atoms with E-state index >= 15 is 0 Å². The van der Waals surface area contributed by atoms with Crippen molar-refractivity contribution < 1.29 is 28.8 Å². The number of carbonyl (C=O) groups excluding carboxylic acids is 3. The van der Waals surface area contributed by atoms with Crippen molar-refractivity contribution in [3.63, 3.8) is 0 Å². The summed E-state index contributed by atoms with van der Waals surface area (Å²) in [5.41, 5.74) is 4.23. The average Bonchev–Trinajstić information content (AvgIpc) is 3.76. The van der Waals surface area contributed by atoms with Crippen molar-refractivity contribution in [1.29, 1.82) is 0 Å². The van der Waals surface area contributed by atoms with E-state index in [1.54, 1.807) is 29.2 Å². The number of benzene rings is 1. The van der Waals surface area contributed by atoms with Crippen LogP contribution in [0, 0.1) is 19.3 Å². The number of β-amino-alcohol motifs (C(OH)–C–C–N with tert-alkyl or cyclic N) is 1. The fourth-order valence-electron chi connectivity index (χ4n) is 6.81. The number of amides is 3. The molecule has 5 rings (SSSR count). The van der Waals surface area contributed by atoms with E-state index in [9.17, 15) is 19.5 Å². The number of aliphatic hydroxyl groups excluding tert-OH is 1. The van der Waals surface area contributed by atoms with Gasteiger partial charge in [0.2, 0.25) is 11.8 Å². The van der Waals surface area contributed by atoms with Gasteiger partial charge < -0.3 is 29.5 Å². The minimum Gasteiger partial charge on any atom is -0.444 e. The number of likely N-dealkylation sites (tertiary alicyclic amines) is 1. The summed E-state index contributed by atoms with van der Waals surface area (Å²) < 4.78 is 11.3. The molecule has 2 aliphatic rings. The molecule has 0 bridgehead atoms. The van der Waals surface area contributed by atoms with Crippen molar-refractivity contribution in [3.05, 3.63) is 58.6 Å². The summed E-state index contributed by atoms with van der Waals surface area (Å²) in [5.74, 6) is -0.950. The molecule has 2 N–H and O–H groups in total. The van der Waals surface area contributed by atoms with Gasteiger partial charge in [0.25, 0.3) is 0 Å². The van der Waals surface area contributed by atoms with Crippen LogP contribution < -0.4 is 5.32 Å². The first-order valence-corrected chi connectivity index (χ1v) is 17.8. The van der Waals surface area contributed by atoms with Gasteiger partial charge in [-0.25, -0.2) is 9.78 Å². The van der Waals surface area contributed by atoms with Gasteiger partial charge in [-0.3, -0.25) is 14.5 Å². The highest BCUT2D eigenvalue weighted by Crippen LogP contribution is 2.40. The summed E-state index contributed by atoms with van der Waals surface area (Å²) in [6.45, 7) is 18.1. The molecule has 4 heterocycles. The number of piperazine rings is 1. The first kappa shape index (κ1) is 36.5. The van der Waals surface area contributed by atoms with E-state index in [0.29, 0.717) is 44.2 Å². The third-order valence-corrected chi connectivity index (χ3v) is 10.2. The predicted molar refractivity (Wildman–Crippen MR) is 187 cm³/mol. The van der Waals surface area contributed by atoms with Gasteiger partial charge in [-0.15, -0.1) is 11.3 Å². The number of aromatic nitrogens is 2. The molecule has 0 unspecified atom stereocenters. The molecule has 4 atom stereocenters. The van der Waals surface area contributed by atoms with Crippen LogP contribution in [0.4, 0.5) is 4.79 Å². The Labute approximate surface area is 292 Å². The number of aryl methyl sites for hydroxylation is 2. The van der Waals surface area contributed by atoms with Crippen molar-refractivity contribution >= 4 is 29.2 Å². The molecule has 0 saturated carbocycles. The second kappa shape index (κ2) is 14.6.